The van der Waals surface area contributed by atoms with E-state index in [1.807, 2.05) is 18.7 Å². The third-order valence-electron chi connectivity index (χ3n) is 3.88. The zero-order valence-corrected chi connectivity index (χ0v) is 17.5. The summed E-state index contributed by atoms with van der Waals surface area (Å²) >= 11 is 1.45. The molecule has 3 rings (SSSR count). The van der Waals surface area contributed by atoms with Crippen molar-refractivity contribution in [2.45, 2.75) is 35.7 Å². The van der Waals surface area contributed by atoms with Crippen molar-refractivity contribution in [1.82, 2.24) is 24.5 Å². The fourth-order valence-corrected chi connectivity index (χ4v) is 4.06. The smallest absolute Gasteiger partial charge is 0.238 e. The van der Waals surface area contributed by atoms with Crippen molar-refractivity contribution in [1.29, 1.82) is 0 Å². The normalized spacial score (nSPS) is 11.9. The Morgan fingerprint density at radius 2 is 1.93 bits per heavy atom. The maximum Gasteiger partial charge on any atom is 0.238 e. The number of rotatable bonds is 7. The molecule has 0 radical (unpaired) electrons. The molecular formula is C16H22N8O2S2. The predicted octanol–water partition coefficient (Wildman–Crippen LogP) is 1.22. The topological polar surface area (TPSA) is 146 Å². The molecule has 0 aliphatic rings. The van der Waals surface area contributed by atoms with Crippen LogP contribution in [0.25, 0.3) is 11.0 Å². The third kappa shape index (κ3) is 4.34. The first-order valence-corrected chi connectivity index (χ1v) is 11.1. The molecule has 2 aromatic heterocycles. The number of hydrogen-bond donors (Lipinski definition) is 2. The Balaban J connectivity index is 1.95. The monoisotopic (exact) mass is 422 g/mol. The number of sulfonamides is 1. The quantitative estimate of drug-likeness (QED) is 0.536. The van der Waals surface area contributed by atoms with Crippen LogP contribution in [-0.2, 0) is 22.3 Å². The van der Waals surface area contributed by atoms with Gasteiger partial charge in [-0.3, -0.25) is 0 Å². The number of nitrogens with zero attached hydrogens (tertiary/aromatic N) is 6. The van der Waals surface area contributed by atoms with Crippen molar-refractivity contribution in [3.05, 3.63) is 24.0 Å². The van der Waals surface area contributed by atoms with Gasteiger partial charge in [-0.15, -0.1) is 0 Å². The van der Waals surface area contributed by atoms with E-state index in [9.17, 15) is 8.42 Å². The molecule has 0 unspecified atom stereocenters. The van der Waals surface area contributed by atoms with Gasteiger partial charge in [0.1, 0.15) is 5.82 Å². The van der Waals surface area contributed by atoms with Crippen molar-refractivity contribution >= 4 is 44.7 Å². The molecule has 0 bridgehead atoms. The zero-order valence-electron chi connectivity index (χ0n) is 15.8. The largest absolute Gasteiger partial charge is 0.368 e. The molecule has 0 saturated heterocycles. The van der Waals surface area contributed by atoms with Crippen molar-refractivity contribution in [3.63, 3.8) is 0 Å². The number of nitrogen functional groups attached to an aromatic ring is 1. The predicted molar refractivity (Wildman–Crippen MR) is 110 cm³/mol. The Morgan fingerprint density at radius 1 is 1.18 bits per heavy atom. The fourth-order valence-electron chi connectivity index (χ4n) is 2.63. The van der Waals surface area contributed by atoms with Crippen LogP contribution in [0.2, 0.25) is 0 Å². The van der Waals surface area contributed by atoms with Gasteiger partial charge in [-0.2, -0.15) is 15.0 Å². The van der Waals surface area contributed by atoms with Crippen LogP contribution in [0.3, 0.4) is 0 Å². The molecule has 4 N–H and O–H groups in total. The van der Waals surface area contributed by atoms with Gasteiger partial charge in [0.15, 0.2) is 5.16 Å². The minimum atomic E-state index is -3.78. The van der Waals surface area contributed by atoms with Crippen molar-refractivity contribution in [2.75, 3.05) is 24.7 Å². The van der Waals surface area contributed by atoms with Crippen LogP contribution < -0.4 is 15.8 Å². The van der Waals surface area contributed by atoms with Gasteiger partial charge in [-0.1, -0.05) is 18.7 Å². The molecule has 0 atom stereocenters. The summed E-state index contributed by atoms with van der Waals surface area (Å²) < 4.78 is 25.3. The number of hydrogen-bond acceptors (Lipinski definition) is 9. The minimum Gasteiger partial charge on any atom is -0.368 e. The van der Waals surface area contributed by atoms with Crippen LogP contribution in [-0.4, -0.2) is 47.0 Å². The molecule has 0 aliphatic carbocycles. The lowest BCUT2D eigenvalue weighted by Crippen LogP contribution is -2.16. The average Bonchev–Trinajstić information content (AvgIpc) is 2.96. The molecular weight excluding hydrogens is 400 g/mol. The molecule has 0 fully saturated rings. The Hall–Kier alpha value is -2.44. The lowest BCUT2D eigenvalue weighted by molar-refractivity contribution is 0.598. The van der Waals surface area contributed by atoms with E-state index in [-0.39, 0.29) is 10.8 Å². The summed E-state index contributed by atoms with van der Waals surface area (Å²) in [5.74, 6) is 1.64. The summed E-state index contributed by atoms with van der Waals surface area (Å²) in [7, 11) is -0.127. The number of thioether (sulfide) groups is 1. The molecule has 2 heterocycles. The van der Waals surface area contributed by atoms with Crippen LogP contribution >= 0.6 is 11.8 Å². The average molecular weight is 423 g/mol. The molecule has 0 saturated carbocycles. The summed E-state index contributed by atoms with van der Waals surface area (Å²) in [6.07, 6.45) is 0.902. The van der Waals surface area contributed by atoms with Crippen LogP contribution in [0.5, 0.6) is 0 Å². The number of nitrogens with two attached hydrogens (primary N) is 2. The Kier molecular flexibility index (Phi) is 5.72. The fraction of sp³-hybridized carbons (Fsp3) is 0.375. The van der Waals surface area contributed by atoms with E-state index in [4.69, 9.17) is 10.9 Å². The number of fused-ring (bicyclic) bond motifs is 1. The Labute approximate surface area is 167 Å². The Morgan fingerprint density at radius 3 is 2.57 bits per heavy atom. The molecule has 12 heteroatoms. The standard InChI is InChI=1S/C16H22N8O2S2/c1-4-7-24-12-6-5-10(28(18,25)26)8-11(12)19-16(24)27-9-13-20-14(17)22-15(21-13)23(2)3/h5-6,8H,4,7,9H2,1-3H3,(H2,18,25,26)(H2,17,20,21,22). The van der Waals surface area contributed by atoms with E-state index in [1.165, 1.54) is 23.9 Å². The molecule has 150 valence electrons. The number of primary sulfonamides is 1. The molecule has 0 spiro atoms. The first-order valence-electron chi connectivity index (χ1n) is 8.52. The van der Waals surface area contributed by atoms with E-state index in [1.54, 1.807) is 11.0 Å². The van der Waals surface area contributed by atoms with Crippen LogP contribution in [0.15, 0.2) is 28.3 Å². The van der Waals surface area contributed by atoms with Gasteiger partial charge < -0.3 is 15.2 Å². The number of aryl methyl sites for hydroxylation is 1. The van der Waals surface area contributed by atoms with Gasteiger partial charge in [0.2, 0.25) is 21.9 Å². The summed E-state index contributed by atoms with van der Waals surface area (Å²) in [5.41, 5.74) is 7.20. The number of benzene rings is 1. The van der Waals surface area contributed by atoms with Gasteiger partial charge in [-0.05, 0) is 24.6 Å². The maximum atomic E-state index is 11.6. The van der Waals surface area contributed by atoms with E-state index in [0.29, 0.717) is 23.0 Å². The Bertz CT molecular complexity index is 1110. The van der Waals surface area contributed by atoms with E-state index >= 15 is 0 Å². The van der Waals surface area contributed by atoms with Crippen molar-refractivity contribution < 1.29 is 8.42 Å². The zero-order chi connectivity index (χ0) is 20.5. The minimum absolute atomic E-state index is 0.0403. The highest BCUT2D eigenvalue weighted by atomic mass is 32.2. The molecule has 3 aromatic rings. The van der Waals surface area contributed by atoms with Gasteiger partial charge in [0.05, 0.1) is 21.7 Å². The highest BCUT2D eigenvalue weighted by Crippen LogP contribution is 2.28. The molecule has 10 nitrogen and oxygen atoms in total. The van der Waals surface area contributed by atoms with Gasteiger partial charge >= 0.3 is 0 Å². The summed E-state index contributed by atoms with van der Waals surface area (Å²) in [6, 6.07) is 4.72. The highest BCUT2D eigenvalue weighted by molar-refractivity contribution is 7.98. The lowest BCUT2D eigenvalue weighted by Gasteiger charge is -2.11. The molecule has 28 heavy (non-hydrogen) atoms. The van der Waals surface area contributed by atoms with Gasteiger partial charge in [0.25, 0.3) is 0 Å². The second-order valence-corrected chi connectivity index (χ2v) is 8.84. The van der Waals surface area contributed by atoms with Crippen molar-refractivity contribution in [3.8, 4) is 0 Å². The molecule has 1 aromatic carbocycles. The summed E-state index contributed by atoms with van der Waals surface area (Å²) in [6.45, 7) is 2.81. The highest BCUT2D eigenvalue weighted by Gasteiger charge is 2.16. The first-order chi connectivity index (χ1) is 13.2. The summed E-state index contributed by atoms with van der Waals surface area (Å²) in [5, 5.41) is 5.98. The third-order valence-corrected chi connectivity index (χ3v) is 5.76. The number of aromatic nitrogens is 5. The van der Waals surface area contributed by atoms with Crippen LogP contribution in [0.1, 0.15) is 19.2 Å². The molecule has 0 amide bonds. The number of imidazole rings is 1. The van der Waals surface area contributed by atoms with E-state index in [0.717, 1.165) is 23.6 Å². The SMILES string of the molecule is CCCn1c(SCc2nc(N)nc(N(C)C)n2)nc2cc(S(N)(=O)=O)ccc21. The first kappa shape index (κ1) is 20.3. The second kappa shape index (κ2) is 7.89. The van der Waals surface area contributed by atoms with Crippen LogP contribution in [0.4, 0.5) is 11.9 Å². The van der Waals surface area contributed by atoms with E-state index < -0.39 is 10.0 Å². The van der Waals surface area contributed by atoms with Crippen LogP contribution in [0, 0.1) is 0 Å². The number of anilines is 2. The lowest BCUT2D eigenvalue weighted by atomic mass is 10.3. The van der Waals surface area contributed by atoms with Gasteiger partial charge in [0, 0.05) is 20.6 Å². The second-order valence-electron chi connectivity index (χ2n) is 6.33. The molecule has 0 aliphatic heterocycles. The van der Waals surface area contributed by atoms with E-state index in [2.05, 4.69) is 26.9 Å². The van der Waals surface area contributed by atoms with Gasteiger partial charge in [-0.25, -0.2) is 18.5 Å². The summed E-state index contributed by atoms with van der Waals surface area (Å²) in [4.78, 5) is 19.1. The van der Waals surface area contributed by atoms with Crippen molar-refractivity contribution in [2.24, 2.45) is 5.14 Å². The maximum absolute atomic E-state index is 11.6.